The Bertz CT molecular complexity index is 280. The highest BCUT2D eigenvalue weighted by Gasteiger charge is 2.03. The lowest BCUT2D eigenvalue weighted by Crippen LogP contribution is -1.99. The first-order chi connectivity index (χ1) is 7.26. The van der Waals surface area contributed by atoms with Crippen LogP contribution in [0.2, 0.25) is 0 Å². The molecule has 1 aromatic carbocycles. The molecule has 0 fully saturated rings. The van der Waals surface area contributed by atoms with Gasteiger partial charge >= 0.3 is 0 Å². The van der Waals surface area contributed by atoms with E-state index in [1.165, 1.54) is 36.8 Å². The van der Waals surface area contributed by atoms with E-state index in [0.717, 1.165) is 6.42 Å². The first-order valence-corrected chi connectivity index (χ1v) is 6.89. The Hall–Kier alpha value is -0.300. The quantitative estimate of drug-likeness (QED) is 0.654. The summed E-state index contributed by atoms with van der Waals surface area (Å²) in [7, 11) is 0. The molecule has 0 aliphatic heterocycles. The van der Waals surface area contributed by atoms with Crippen molar-refractivity contribution in [3.8, 4) is 0 Å². The van der Waals surface area contributed by atoms with E-state index in [4.69, 9.17) is 0 Å². The molecule has 0 aliphatic rings. The fraction of sp³-hybridized carbons (Fsp3) is 0.571. The minimum atomic E-state index is 0.688. The van der Waals surface area contributed by atoms with E-state index in [1.54, 1.807) is 0 Å². The molecule has 1 atom stereocenters. The Morgan fingerprint density at radius 1 is 1.13 bits per heavy atom. The topological polar surface area (TPSA) is 0 Å². The van der Waals surface area contributed by atoms with Gasteiger partial charge in [0.25, 0.3) is 0 Å². The van der Waals surface area contributed by atoms with E-state index >= 15 is 0 Å². The van der Waals surface area contributed by atoms with Gasteiger partial charge in [0.2, 0.25) is 0 Å². The van der Waals surface area contributed by atoms with Crippen LogP contribution in [0.25, 0.3) is 0 Å². The standard InChI is InChI=1S/C14H21Br/c1-3-6-14(15)10-9-13-8-5-7-12(4-2)11-13/h5,7-8,11,14H,3-4,6,9-10H2,1-2H3. The average molecular weight is 269 g/mol. The lowest BCUT2D eigenvalue weighted by Gasteiger charge is -2.08. The smallest absolute Gasteiger partial charge is 0.0148 e. The zero-order valence-electron chi connectivity index (χ0n) is 9.80. The van der Waals surface area contributed by atoms with Gasteiger partial charge in [-0.15, -0.1) is 0 Å². The summed E-state index contributed by atoms with van der Waals surface area (Å²) in [5.41, 5.74) is 2.93. The molecule has 15 heavy (non-hydrogen) atoms. The molecule has 1 heteroatoms. The number of hydrogen-bond donors (Lipinski definition) is 0. The monoisotopic (exact) mass is 268 g/mol. The minimum Gasteiger partial charge on any atom is -0.0891 e. The second kappa shape index (κ2) is 7.05. The van der Waals surface area contributed by atoms with Gasteiger partial charge in [-0.25, -0.2) is 0 Å². The molecule has 1 rings (SSSR count). The molecule has 0 radical (unpaired) electrons. The molecule has 0 saturated heterocycles. The van der Waals surface area contributed by atoms with Crippen molar-refractivity contribution in [3.63, 3.8) is 0 Å². The van der Waals surface area contributed by atoms with Gasteiger partial charge in [0.05, 0.1) is 0 Å². The summed E-state index contributed by atoms with van der Waals surface area (Å²) in [5, 5.41) is 0. The lowest BCUT2D eigenvalue weighted by molar-refractivity contribution is 0.693. The molecule has 0 aliphatic carbocycles. The molecule has 0 aromatic heterocycles. The average Bonchev–Trinajstić information content (AvgIpc) is 2.27. The van der Waals surface area contributed by atoms with Crippen LogP contribution < -0.4 is 0 Å². The van der Waals surface area contributed by atoms with Gasteiger partial charge < -0.3 is 0 Å². The van der Waals surface area contributed by atoms with Crippen molar-refractivity contribution in [2.24, 2.45) is 0 Å². The van der Waals surface area contributed by atoms with Crippen LogP contribution in [0.5, 0.6) is 0 Å². The summed E-state index contributed by atoms with van der Waals surface area (Å²) in [6, 6.07) is 8.97. The van der Waals surface area contributed by atoms with Crippen molar-refractivity contribution in [3.05, 3.63) is 35.4 Å². The molecule has 0 N–H and O–H groups in total. The molecule has 0 spiro atoms. The Labute approximate surface area is 102 Å². The predicted octanol–water partition coefficient (Wildman–Crippen LogP) is 4.75. The van der Waals surface area contributed by atoms with Crippen LogP contribution in [0, 0.1) is 0 Å². The third-order valence-corrected chi connectivity index (χ3v) is 3.66. The lowest BCUT2D eigenvalue weighted by atomic mass is 10.0. The second-order valence-electron chi connectivity index (χ2n) is 4.10. The van der Waals surface area contributed by atoms with Crippen LogP contribution in [0.1, 0.15) is 44.2 Å². The van der Waals surface area contributed by atoms with E-state index in [1.807, 2.05) is 0 Å². The summed E-state index contributed by atoms with van der Waals surface area (Å²) in [5.74, 6) is 0. The van der Waals surface area contributed by atoms with E-state index in [9.17, 15) is 0 Å². The highest BCUT2D eigenvalue weighted by Crippen LogP contribution is 2.16. The van der Waals surface area contributed by atoms with Gasteiger partial charge in [0, 0.05) is 4.83 Å². The van der Waals surface area contributed by atoms with Crippen LogP contribution >= 0.6 is 15.9 Å². The predicted molar refractivity (Wildman–Crippen MR) is 71.8 cm³/mol. The molecule has 0 saturated carbocycles. The number of rotatable bonds is 6. The number of alkyl halides is 1. The highest BCUT2D eigenvalue weighted by atomic mass is 79.9. The summed E-state index contributed by atoms with van der Waals surface area (Å²) >= 11 is 3.73. The van der Waals surface area contributed by atoms with E-state index in [0.29, 0.717) is 4.83 Å². The SMILES string of the molecule is CCCC(Br)CCc1cccc(CC)c1. The van der Waals surface area contributed by atoms with Crippen molar-refractivity contribution < 1.29 is 0 Å². The molecular weight excluding hydrogens is 248 g/mol. The number of benzene rings is 1. The Morgan fingerprint density at radius 3 is 2.53 bits per heavy atom. The van der Waals surface area contributed by atoms with Crippen molar-refractivity contribution >= 4 is 15.9 Å². The maximum Gasteiger partial charge on any atom is 0.0148 e. The molecule has 84 valence electrons. The van der Waals surface area contributed by atoms with Crippen molar-refractivity contribution in [1.29, 1.82) is 0 Å². The van der Waals surface area contributed by atoms with E-state index in [-0.39, 0.29) is 0 Å². The largest absolute Gasteiger partial charge is 0.0891 e. The van der Waals surface area contributed by atoms with Crippen LogP contribution in [-0.2, 0) is 12.8 Å². The number of hydrogen-bond acceptors (Lipinski definition) is 0. The molecule has 0 nitrogen and oxygen atoms in total. The van der Waals surface area contributed by atoms with Gasteiger partial charge in [-0.2, -0.15) is 0 Å². The molecule has 0 bridgehead atoms. The summed E-state index contributed by atoms with van der Waals surface area (Å²) in [6.07, 6.45) is 6.14. The normalized spacial score (nSPS) is 12.7. The van der Waals surface area contributed by atoms with Crippen LogP contribution in [0.4, 0.5) is 0 Å². The number of aryl methyl sites for hydroxylation is 2. The second-order valence-corrected chi connectivity index (χ2v) is 5.39. The minimum absolute atomic E-state index is 0.688. The highest BCUT2D eigenvalue weighted by molar-refractivity contribution is 9.09. The summed E-state index contributed by atoms with van der Waals surface area (Å²) in [6.45, 7) is 4.45. The third kappa shape index (κ3) is 4.83. The van der Waals surface area contributed by atoms with Gasteiger partial charge in [-0.05, 0) is 36.8 Å². The van der Waals surface area contributed by atoms with Gasteiger partial charge in [-0.3, -0.25) is 0 Å². The van der Waals surface area contributed by atoms with Crippen molar-refractivity contribution in [1.82, 2.24) is 0 Å². The molecule has 1 unspecified atom stereocenters. The third-order valence-electron chi connectivity index (χ3n) is 2.75. The molecule has 0 heterocycles. The van der Waals surface area contributed by atoms with Gasteiger partial charge in [0.1, 0.15) is 0 Å². The molecule has 1 aromatic rings. The van der Waals surface area contributed by atoms with Crippen molar-refractivity contribution in [2.75, 3.05) is 0 Å². The van der Waals surface area contributed by atoms with Crippen molar-refractivity contribution in [2.45, 2.75) is 50.8 Å². The first-order valence-electron chi connectivity index (χ1n) is 5.98. The van der Waals surface area contributed by atoms with Crippen LogP contribution in [0.3, 0.4) is 0 Å². The van der Waals surface area contributed by atoms with Gasteiger partial charge in [0.15, 0.2) is 0 Å². The Balaban J connectivity index is 2.43. The zero-order chi connectivity index (χ0) is 11.1. The van der Waals surface area contributed by atoms with Crippen LogP contribution in [0.15, 0.2) is 24.3 Å². The fourth-order valence-electron chi connectivity index (χ4n) is 1.79. The Morgan fingerprint density at radius 2 is 1.87 bits per heavy atom. The summed E-state index contributed by atoms with van der Waals surface area (Å²) in [4.78, 5) is 0.688. The summed E-state index contributed by atoms with van der Waals surface area (Å²) < 4.78 is 0. The van der Waals surface area contributed by atoms with E-state index in [2.05, 4.69) is 54.0 Å². The van der Waals surface area contributed by atoms with Crippen LogP contribution in [-0.4, -0.2) is 4.83 Å². The number of halogens is 1. The fourth-order valence-corrected chi connectivity index (χ4v) is 2.47. The molecule has 0 amide bonds. The maximum absolute atomic E-state index is 3.73. The van der Waals surface area contributed by atoms with E-state index < -0.39 is 0 Å². The Kier molecular flexibility index (Phi) is 6.00. The zero-order valence-corrected chi connectivity index (χ0v) is 11.4. The first kappa shape index (κ1) is 12.8. The maximum atomic E-state index is 3.73. The molecular formula is C14H21Br. The van der Waals surface area contributed by atoms with Gasteiger partial charge in [-0.1, -0.05) is 60.5 Å².